The van der Waals surface area contributed by atoms with Crippen LogP contribution in [0, 0.1) is 6.92 Å². The number of nitrogens with zero attached hydrogens (tertiary/aromatic N) is 2. The predicted octanol–water partition coefficient (Wildman–Crippen LogP) is 12.3. The molecule has 0 N–H and O–H groups in total. The van der Waals surface area contributed by atoms with Crippen LogP contribution in [0.25, 0.3) is 81.7 Å². The Morgan fingerprint density at radius 1 is 0.447 bits per heavy atom. The topological polar surface area (TPSA) is 17.3 Å². The van der Waals surface area contributed by atoms with E-state index in [4.69, 9.17) is 4.98 Å². The lowest BCUT2D eigenvalue weighted by Crippen LogP contribution is -1.94. The van der Waals surface area contributed by atoms with Crippen LogP contribution in [0.5, 0.6) is 0 Å². The summed E-state index contributed by atoms with van der Waals surface area (Å²) in [5.74, 6) is 0. The lowest BCUT2D eigenvalue weighted by Gasteiger charge is -2.12. The zero-order valence-corrected chi connectivity index (χ0v) is 26.7. The molecule has 0 atom stereocenters. The first-order valence-corrected chi connectivity index (χ1v) is 16.8. The molecule has 0 unspecified atom stereocenters. The molecule has 2 nitrogen and oxygen atoms in total. The van der Waals surface area contributed by atoms with Gasteiger partial charge in [-0.25, -0.2) is 4.98 Å². The molecule has 47 heavy (non-hydrogen) atoms. The fourth-order valence-corrected chi connectivity index (χ4v) is 7.92. The molecule has 9 rings (SSSR count). The molecule has 0 aliphatic carbocycles. The Labute approximate surface area is 277 Å². The van der Waals surface area contributed by atoms with Crippen molar-refractivity contribution in [2.75, 3.05) is 0 Å². The van der Waals surface area contributed by atoms with E-state index >= 15 is 0 Å². The van der Waals surface area contributed by atoms with Gasteiger partial charge in [-0.05, 0) is 76.0 Å². The number of hydrogen-bond acceptors (Lipinski definition) is 2. The van der Waals surface area contributed by atoms with Crippen molar-refractivity contribution in [2.24, 2.45) is 0 Å². The number of rotatable bonds is 5. The first-order chi connectivity index (χ1) is 23.2. The maximum atomic E-state index is 5.38. The Kier molecular flexibility index (Phi) is 6.58. The quantitative estimate of drug-likeness (QED) is 0.175. The molecule has 3 heterocycles. The summed E-state index contributed by atoms with van der Waals surface area (Å²) in [6.07, 6.45) is 0. The van der Waals surface area contributed by atoms with E-state index in [0.717, 1.165) is 28.0 Å². The monoisotopic (exact) mass is 618 g/mol. The molecule has 0 saturated heterocycles. The molecule has 9 aromatic rings. The van der Waals surface area contributed by atoms with Gasteiger partial charge in [-0.1, -0.05) is 133 Å². The van der Waals surface area contributed by atoms with Gasteiger partial charge in [0.15, 0.2) is 0 Å². The number of thiophene rings is 1. The zero-order chi connectivity index (χ0) is 31.3. The van der Waals surface area contributed by atoms with Gasteiger partial charge in [-0.2, -0.15) is 0 Å². The van der Waals surface area contributed by atoms with Gasteiger partial charge in [0.2, 0.25) is 0 Å². The summed E-state index contributed by atoms with van der Waals surface area (Å²) >= 11 is 1.84. The van der Waals surface area contributed by atoms with Crippen molar-refractivity contribution in [3.63, 3.8) is 0 Å². The summed E-state index contributed by atoms with van der Waals surface area (Å²) in [6, 6.07) is 58.8. The maximum Gasteiger partial charge on any atom is 0.146 e. The minimum atomic E-state index is 0.989. The number of hydrogen-bond donors (Lipinski definition) is 0. The van der Waals surface area contributed by atoms with Crippen LogP contribution >= 0.6 is 11.3 Å². The summed E-state index contributed by atoms with van der Waals surface area (Å²) in [7, 11) is 0. The highest BCUT2D eigenvalue weighted by atomic mass is 32.1. The Hall–Kier alpha value is -5.77. The van der Waals surface area contributed by atoms with Crippen LogP contribution < -0.4 is 0 Å². The molecule has 0 fully saturated rings. The van der Waals surface area contributed by atoms with Gasteiger partial charge in [0, 0.05) is 31.8 Å². The number of para-hydroxylation sites is 1. The second-order valence-electron chi connectivity index (χ2n) is 12.0. The van der Waals surface area contributed by atoms with E-state index in [-0.39, 0.29) is 0 Å². The molecule has 0 spiro atoms. The molecule has 3 heteroatoms. The number of aromatic nitrogens is 2. The highest BCUT2D eigenvalue weighted by Gasteiger charge is 2.19. The Morgan fingerprint density at radius 3 is 1.77 bits per heavy atom. The summed E-state index contributed by atoms with van der Waals surface area (Å²) < 4.78 is 2.34. The van der Waals surface area contributed by atoms with Gasteiger partial charge in [0.25, 0.3) is 0 Å². The van der Waals surface area contributed by atoms with Crippen molar-refractivity contribution in [1.29, 1.82) is 0 Å². The second kappa shape index (κ2) is 11.2. The number of fused-ring (bicyclic) bond motifs is 6. The molecule has 6 aromatic carbocycles. The third-order valence-electron chi connectivity index (χ3n) is 9.24. The normalized spacial score (nSPS) is 11.5. The fourth-order valence-electron chi connectivity index (χ4n) is 6.91. The third-order valence-corrected chi connectivity index (χ3v) is 10.4. The highest BCUT2D eigenvalue weighted by molar-refractivity contribution is 7.18. The average Bonchev–Trinajstić information content (AvgIpc) is 3.78. The number of imidazole rings is 1. The van der Waals surface area contributed by atoms with Crippen molar-refractivity contribution in [3.8, 4) is 54.4 Å². The Bertz CT molecular complexity index is 2560. The lowest BCUT2D eigenvalue weighted by molar-refractivity contribution is 1.17. The van der Waals surface area contributed by atoms with Crippen LogP contribution in [0.2, 0.25) is 0 Å². The largest absolute Gasteiger partial charge is 0.296 e. The molecule has 0 bridgehead atoms. The van der Waals surface area contributed by atoms with Crippen molar-refractivity contribution in [1.82, 2.24) is 9.38 Å². The van der Waals surface area contributed by atoms with E-state index < -0.39 is 0 Å². The van der Waals surface area contributed by atoms with E-state index in [1.165, 1.54) is 59.4 Å². The molecule has 3 aromatic heterocycles. The third kappa shape index (κ3) is 4.67. The molecule has 0 aliphatic heterocycles. The van der Waals surface area contributed by atoms with Crippen LogP contribution in [-0.2, 0) is 0 Å². The minimum Gasteiger partial charge on any atom is -0.296 e. The molecule has 0 amide bonds. The molecule has 0 aliphatic rings. The number of pyridine rings is 1. The summed E-state index contributed by atoms with van der Waals surface area (Å²) in [6.45, 7) is 2.20. The summed E-state index contributed by atoms with van der Waals surface area (Å²) in [5.41, 5.74) is 12.8. The minimum absolute atomic E-state index is 0.989. The van der Waals surface area contributed by atoms with Gasteiger partial charge in [0.1, 0.15) is 5.65 Å². The fraction of sp³-hybridized carbons (Fsp3) is 0.0227. The smallest absolute Gasteiger partial charge is 0.146 e. The lowest BCUT2D eigenvalue weighted by atomic mass is 9.97. The van der Waals surface area contributed by atoms with Crippen molar-refractivity contribution in [2.45, 2.75) is 6.92 Å². The molecule has 0 saturated carbocycles. The molecular weight excluding hydrogens is 589 g/mol. The van der Waals surface area contributed by atoms with Crippen LogP contribution in [0.1, 0.15) is 5.69 Å². The van der Waals surface area contributed by atoms with E-state index in [0.29, 0.717) is 0 Å². The van der Waals surface area contributed by atoms with Crippen molar-refractivity contribution >= 4 is 38.7 Å². The summed E-state index contributed by atoms with van der Waals surface area (Å²) in [5, 5.41) is 3.60. The van der Waals surface area contributed by atoms with Gasteiger partial charge < -0.3 is 0 Å². The maximum absolute atomic E-state index is 5.38. The second-order valence-corrected chi connectivity index (χ2v) is 13.1. The number of benzene rings is 6. The average molecular weight is 619 g/mol. The van der Waals surface area contributed by atoms with Gasteiger partial charge in [0.05, 0.1) is 11.2 Å². The summed E-state index contributed by atoms with van der Waals surface area (Å²) in [4.78, 5) is 7.95. The van der Waals surface area contributed by atoms with E-state index in [1.54, 1.807) is 0 Å². The van der Waals surface area contributed by atoms with E-state index in [1.807, 2.05) is 11.3 Å². The standard InChI is InChI=1S/C44H30N2S/c1-29-43(37-18-9-8-16-35(37)31-12-4-2-5-13-31)45-44-38-25-24-34(28-39(38)36-17-10-11-19-40(36)46(29)44)30-20-22-33(23-21-30)42-27-26-41(47-42)32-14-6-3-7-15-32/h2-28H,1H3. The molecule has 222 valence electrons. The van der Waals surface area contributed by atoms with Crippen molar-refractivity contribution < 1.29 is 0 Å². The Morgan fingerprint density at radius 2 is 1.02 bits per heavy atom. The van der Waals surface area contributed by atoms with Gasteiger partial charge in [-0.15, -0.1) is 11.3 Å². The van der Waals surface area contributed by atoms with Crippen LogP contribution in [0.4, 0.5) is 0 Å². The van der Waals surface area contributed by atoms with Crippen LogP contribution in [0.3, 0.4) is 0 Å². The van der Waals surface area contributed by atoms with E-state index in [9.17, 15) is 0 Å². The first-order valence-electron chi connectivity index (χ1n) is 16.0. The SMILES string of the molecule is Cc1c(-c2ccccc2-c2ccccc2)nc2c3ccc(-c4ccc(-c5ccc(-c6ccccc6)s5)cc4)cc3c3ccccc3n12. The van der Waals surface area contributed by atoms with Gasteiger partial charge in [-0.3, -0.25) is 4.40 Å². The molecular formula is C44H30N2S. The zero-order valence-electron chi connectivity index (χ0n) is 25.9. The van der Waals surface area contributed by atoms with Gasteiger partial charge >= 0.3 is 0 Å². The number of aryl methyl sites for hydroxylation is 1. The van der Waals surface area contributed by atoms with Crippen LogP contribution in [-0.4, -0.2) is 9.38 Å². The van der Waals surface area contributed by atoms with Crippen LogP contribution in [0.15, 0.2) is 164 Å². The highest BCUT2D eigenvalue weighted by Crippen LogP contribution is 2.39. The Balaban J connectivity index is 1.16. The van der Waals surface area contributed by atoms with Crippen molar-refractivity contribution in [3.05, 3.63) is 169 Å². The predicted molar refractivity (Wildman–Crippen MR) is 200 cm³/mol. The first kappa shape index (κ1) is 27.5. The van der Waals surface area contributed by atoms with E-state index in [2.05, 4.69) is 175 Å². The molecule has 0 radical (unpaired) electrons.